The number of carbonyl (C=O) groups excluding carboxylic acids is 1. The fraction of sp³-hybridized carbons (Fsp3) is 0.381. The van der Waals surface area contributed by atoms with Crippen LogP contribution in [0, 0.1) is 6.92 Å². The number of carbonyl (C=O) groups is 1. The number of ether oxygens (including phenoxy) is 1. The zero-order valence-electron chi connectivity index (χ0n) is 16.7. The van der Waals surface area contributed by atoms with E-state index in [-0.39, 0.29) is 5.91 Å². The molecule has 6 nitrogen and oxygen atoms in total. The number of fused-ring (bicyclic) bond motifs is 1. The minimum absolute atomic E-state index is 0.249. The van der Waals surface area contributed by atoms with E-state index in [2.05, 4.69) is 0 Å². The Morgan fingerprint density at radius 2 is 1.93 bits per heavy atom. The topological polar surface area (TPSA) is 66.9 Å². The number of hydrogen-bond donors (Lipinski definition) is 0. The molecule has 2 aromatic rings. The van der Waals surface area contributed by atoms with E-state index in [1.807, 2.05) is 37.3 Å². The molecule has 0 aromatic heterocycles. The molecule has 1 atom stereocenters. The van der Waals surface area contributed by atoms with Gasteiger partial charge in [-0.1, -0.05) is 24.3 Å². The second kappa shape index (κ2) is 7.83. The maximum absolute atomic E-state index is 13.4. The molecule has 0 fully saturated rings. The van der Waals surface area contributed by atoms with Crippen molar-refractivity contribution in [2.75, 3.05) is 29.1 Å². The average Bonchev–Trinajstić information content (AvgIpc) is 2.66. The largest absolute Gasteiger partial charge is 0.495 e. The fourth-order valence-electron chi connectivity index (χ4n) is 3.74. The molecule has 0 bridgehead atoms. The zero-order chi connectivity index (χ0) is 20.5. The van der Waals surface area contributed by atoms with Gasteiger partial charge in [-0.05, 0) is 56.0 Å². The molecule has 1 aliphatic heterocycles. The van der Waals surface area contributed by atoms with Crippen LogP contribution in [0.1, 0.15) is 24.5 Å². The third-order valence-corrected chi connectivity index (χ3v) is 6.24. The maximum atomic E-state index is 13.4. The van der Waals surface area contributed by atoms with Gasteiger partial charge in [-0.15, -0.1) is 0 Å². The maximum Gasteiger partial charge on any atom is 0.250 e. The van der Waals surface area contributed by atoms with Crippen molar-refractivity contribution < 1.29 is 17.9 Å². The average molecular weight is 403 g/mol. The molecule has 0 saturated heterocycles. The summed E-state index contributed by atoms with van der Waals surface area (Å²) in [6.07, 6.45) is 2.88. The zero-order valence-corrected chi connectivity index (χ0v) is 17.5. The number of methoxy groups -OCH3 is 1. The summed E-state index contributed by atoms with van der Waals surface area (Å²) in [6, 6.07) is 12.2. The van der Waals surface area contributed by atoms with Crippen molar-refractivity contribution in [3.8, 4) is 5.75 Å². The highest BCUT2D eigenvalue weighted by Crippen LogP contribution is 2.34. The van der Waals surface area contributed by atoms with Gasteiger partial charge in [0.15, 0.2) is 0 Å². The van der Waals surface area contributed by atoms with Gasteiger partial charge in [0.25, 0.3) is 5.91 Å². The predicted octanol–water partition coefficient (Wildman–Crippen LogP) is 3.14. The highest BCUT2D eigenvalue weighted by atomic mass is 32.2. The molecule has 0 N–H and O–H groups in total. The van der Waals surface area contributed by atoms with Crippen molar-refractivity contribution in [2.24, 2.45) is 0 Å². The second-order valence-electron chi connectivity index (χ2n) is 7.13. The SMILES string of the molecule is COc1ccc(C)cc1N(C(C)C(=O)N1CCCc2ccccc21)S(C)(=O)=O. The number of hydrogen-bond acceptors (Lipinski definition) is 4. The monoisotopic (exact) mass is 402 g/mol. The molecular formula is C21H26N2O4S. The molecule has 150 valence electrons. The Morgan fingerprint density at radius 3 is 2.61 bits per heavy atom. The van der Waals surface area contributed by atoms with E-state index in [1.54, 1.807) is 24.0 Å². The van der Waals surface area contributed by atoms with Gasteiger partial charge in [-0.2, -0.15) is 0 Å². The van der Waals surface area contributed by atoms with E-state index in [0.29, 0.717) is 18.0 Å². The van der Waals surface area contributed by atoms with Gasteiger partial charge in [0.1, 0.15) is 11.8 Å². The van der Waals surface area contributed by atoms with Crippen LogP contribution in [0.5, 0.6) is 5.75 Å². The lowest BCUT2D eigenvalue weighted by Crippen LogP contribution is -2.51. The van der Waals surface area contributed by atoms with Crippen molar-refractivity contribution in [3.63, 3.8) is 0 Å². The number of benzene rings is 2. The lowest BCUT2D eigenvalue weighted by Gasteiger charge is -2.36. The van der Waals surface area contributed by atoms with E-state index < -0.39 is 16.1 Å². The van der Waals surface area contributed by atoms with Gasteiger partial charge in [0.05, 0.1) is 19.1 Å². The van der Waals surface area contributed by atoms with E-state index in [4.69, 9.17) is 4.74 Å². The molecule has 3 rings (SSSR count). The third kappa shape index (κ3) is 3.85. The van der Waals surface area contributed by atoms with Gasteiger partial charge in [-0.3, -0.25) is 9.10 Å². The molecule has 0 radical (unpaired) electrons. The second-order valence-corrected chi connectivity index (χ2v) is 8.99. The molecular weight excluding hydrogens is 376 g/mol. The Bertz CT molecular complexity index is 988. The number of amides is 1. The standard InChI is InChI=1S/C21H26N2O4S/c1-15-11-12-20(27-3)19(14-15)23(28(4,25)26)16(2)21(24)22-13-7-9-17-8-5-6-10-18(17)22/h5-6,8,10-12,14,16H,7,9,13H2,1-4H3. The Morgan fingerprint density at radius 1 is 1.21 bits per heavy atom. The molecule has 1 aliphatic rings. The van der Waals surface area contributed by atoms with E-state index >= 15 is 0 Å². The van der Waals surface area contributed by atoms with Crippen molar-refractivity contribution in [1.82, 2.24) is 0 Å². The summed E-state index contributed by atoms with van der Waals surface area (Å²) in [4.78, 5) is 15.1. The number of aryl methyl sites for hydroxylation is 2. The molecule has 0 spiro atoms. The molecule has 0 saturated carbocycles. The Labute approximate surface area is 166 Å². The molecule has 1 heterocycles. The first-order chi connectivity index (χ1) is 13.2. The summed E-state index contributed by atoms with van der Waals surface area (Å²) in [5, 5.41) is 0. The van der Waals surface area contributed by atoms with Gasteiger partial charge in [-0.25, -0.2) is 8.42 Å². The molecule has 28 heavy (non-hydrogen) atoms. The predicted molar refractivity (Wildman–Crippen MR) is 112 cm³/mol. The molecule has 2 aromatic carbocycles. The third-order valence-electron chi connectivity index (χ3n) is 5.01. The number of nitrogens with zero attached hydrogens (tertiary/aromatic N) is 2. The first kappa shape index (κ1) is 20.2. The highest BCUT2D eigenvalue weighted by Gasteiger charge is 2.35. The fourth-order valence-corrected chi connectivity index (χ4v) is 4.90. The van der Waals surface area contributed by atoms with Crippen LogP contribution in [-0.2, 0) is 21.2 Å². The van der Waals surface area contributed by atoms with Crippen LogP contribution in [0.4, 0.5) is 11.4 Å². The smallest absolute Gasteiger partial charge is 0.250 e. The molecule has 7 heteroatoms. The highest BCUT2D eigenvalue weighted by molar-refractivity contribution is 7.92. The van der Waals surface area contributed by atoms with Crippen LogP contribution >= 0.6 is 0 Å². The first-order valence-corrected chi connectivity index (χ1v) is 11.1. The van der Waals surface area contributed by atoms with Crippen LogP contribution in [0.3, 0.4) is 0 Å². The van der Waals surface area contributed by atoms with Crippen LogP contribution in [-0.4, -0.2) is 40.3 Å². The quantitative estimate of drug-likeness (QED) is 0.771. The summed E-state index contributed by atoms with van der Waals surface area (Å²) < 4.78 is 31.9. The number of rotatable bonds is 5. The van der Waals surface area contributed by atoms with Crippen LogP contribution < -0.4 is 13.9 Å². The van der Waals surface area contributed by atoms with Crippen molar-refractivity contribution in [3.05, 3.63) is 53.6 Å². The molecule has 0 aliphatic carbocycles. The van der Waals surface area contributed by atoms with Crippen molar-refractivity contribution >= 4 is 27.3 Å². The normalized spacial score (nSPS) is 14.9. The van der Waals surface area contributed by atoms with Gasteiger partial charge < -0.3 is 9.64 Å². The summed E-state index contributed by atoms with van der Waals surface area (Å²) >= 11 is 0. The number of para-hydroxylation sites is 1. The number of anilines is 2. The Balaban J connectivity index is 2.04. The lowest BCUT2D eigenvalue weighted by molar-refractivity contribution is -0.119. The first-order valence-electron chi connectivity index (χ1n) is 9.27. The minimum atomic E-state index is -3.72. The Kier molecular flexibility index (Phi) is 5.65. The van der Waals surface area contributed by atoms with E-state index in [9.17, 15) is 13.2 Å². The summed E-state index contributed by atoms with van der Waals surface area (Å²) in [5.74, 6) is 0.163. The van der Waals surface area contributed by atoms with Crippen LogP contribution in [0.2, 0.25) is 0 Å². The van der Waals surface area contributed by atoms with Gasteiger partial charge >= 0.3 is 0 Å². The summed E-state index contributed by atoms with van der Waals surface area (Å²) in [5.41, 5.74) is 3.21. The van der Waals surface area contributed by atoms with Gasteiger partial charge in [0.2, 0.25) is 10.0 Å². The lowest BCUT2D eigenvalue weighted by atomic mass is 10.0. The summed E-state index contributed by atoms with van der Waals surface area (Å²) in [7, 11) is -2.23. The van der Waals surface area contributed by atoms with Crippen LogP contribution in [0.25, 0.3) is 0 Å². The van der Waals surface area contributed by atoms with Gasteiger partial charge in [0, 0.05) is 12.2 Å². The van der Waals surface area contributed by atoms with Crippen molar-refractivity contribution in [1.29, 1.82) is 0 Å². The van der Waals surface area contributed by atoms with Crippen molar-refractivity contribution in [2.45, 2.75) is 32.7 Å². The summed E-state index contributed by atoms with van der Waals surface area (Å²) in [6.45, 7) is 4.07. The van der Waals surface area contributed by atoms with E-state index in [1.165, 1.54) is 11.4 Å². The minimum Gasteiger partial charge on any atom is -0.495 e. The Hall–Kier alpha value is -2.54. The molecule has 1 unspecified atom stereocenters. The van der Waals surface area contributed by atoms with Crippen LogP contribution in [0.15, 0.2) is 42.5 Å². The van der Waals surface area contributed by atoms with E-state index in [0.717, 1.165) is 35.9 Å². The molecule has 1 amide bonds. The number of sulfonamides is 1.